The topological polar surface area (TPSA) is 95.1 Å². The summed E-state index contributed by atoms with van der Waals surface area (Å²) in [4.78, 5) is 15.7. The maximum atomic E-state index is 13.7. The van der Waals surface area contributed by atoms with Gasteiger partial charge in [-0.25, -0.2) is 16.8 Å². The normalized spacial score (nSPS) is 15.8. The quantitative estimate of drug-likeness (QED) is 0.428. The number of nitrogens with zero attached hydrogens (tertiary/aromatic N) is 3. The molecular weight excluding hydrogens is 510 g/mol. The summed E-state index contributed by atoms with van der Waals surface area (Å²) in [6.45, 7) is 8.42. The van der Waals surface area contributed by atoms with Crippen molar-refractivity contribution in [1.29, 1.82) is 0 Å². The second-order valence-corrected chi connectivity index (χ2v) is 14.2. The van der Waals surface area contributed by atoms with Crippen molar-refractivity contribution in [3.8, 4) is 0 Å². The van der Waals surface area contributed by atoms with E-state index in [1.807, 2.05) is 45.0 Å². The van der Waals surface area contributed by atoms with Crippen LogP contribution in [0.1, 0.15) is 44.7 Å². The first-order chi connectivity index (χ1) is 17.4. The molecule has 1 aliphatic heterocycles. The average molecular weight is 550 g/mol. The van der Waals surface area contributed by atoms with Gasteiger partial charge in [0, 0.05) is 32.2 Å². The molecule has 0 aliphatic carbocycles. The molecule has 37 heavy (non-hydrogen) atoms. The molecule has 0 saturated carbocycles. The molecule has 0 radical (unpaired) electrons. The zero-order valence-corrected chi connectivity index (χ0v) is 23.8. The molecule has 0 atom stereocenters. The molecule has 10 heteroatoms. The van der Waals surface area contributed by atoms with Gasteiger partial charge in [0.05, 0.1) is 17.2 Å². The molecule has 0 aromatic heterocycles. The standard InChI is InChI=1S/C27H39N3O5S2/c1-5-36(32,33)29(19-22(2)3)21-27(31)30(20-24-13-11-23(4)12-14-24)25-15-17-28(18-16-25)37(34,35)26-9-7-6-8-10-26/h6-14,22,25H,5,15-21H2,1-4H3. The van der Waals surface area contributed by atoms with E-state index in [0.29, 0.717) is 32.5 Å². The van der Waals surface area contributed by atoms with Crippen molar-refractivity contribution in [3.63, 3.8) is 0 Å². The number of sulfonamides is 2. The van der Waals surface area contributed by atoms with E-state index in [1.54, 1.807) is 42.2 Å². The summed E-state index contributed by atoms with van der Waals surface area (Å²) in [5, 5.41) is 0. The number of carbonyl (C=O) groups excluding carboxylic acids is 1. The zero-order valence-electron chi connectivity index (χ0n) is 22.2. The number of benzene rings is 2. The monoisotopic (exact) mass is 549 g/mol. The minimum Gasteiger partial charge on any atom is -0.334 e. The summed E-state index contributed by atoms with van der Waals surface area (Å²) in [6, 6.07) is 16.1. The van der Waals surface area contributed by atoms with Crippen LogP contribution in [0.3, 0.4) is 0 Å². The molecule has 0 spiro atoms. The first kappa shape index (κ1) is 29.3. The Kier molecular flexibility index (Phi) is 9.91. The second kappa shape index (κ2) is 12.5. The predicted octanol–water partition coefficient (Wildman–Crippen LogP) is 3.48. The lowest BCUT2D eigenvalue weighted by atomic mass is 10.0. The number of hydrogen-bond donors (Lipinski definition) is 0. The number of hydrogen-bond acceptors (Lipinski definition) is 5. The highest BCUT2D eigenvalue weighted by Crippen LogP contribution is 2.25. The summed E-state index contributed by atoms with van der Waals surface area (Å²) in [5.74, 6) is -0.255. The molecular formula is C27H39N3O5S2. The highest BCUT2D eigenvalue weighted by Gasteiger charge is 2.35. The van der Waals surface area contributed by atoms with Crippen LogP contribution in [0.15, 0.2) is 59.5 Å². The zero-order chi connectivity index (χ0) is 27.2. The van der Waals surface area contributed by atoms with Crippen LogP contribution in [-0.2, 0) is 31.4 Å². The number of piperidine rings is 1. The minimum atomic E-state index is -3.61. The molecule has 0 N–H and O–H groups in total. The Bertz CT molecular complexity index is 1240. The number of amides is 1. The van der Waals surface area contributed by atoms with E-state index in [2.05, 4.69) is 0 Å². The van der Waals surface area contributed by atoms with Crippen LogP contribution in [0.2, 0.25) is 0 Å². The Labute approximate surface area is 222 Å². The van der Waals surface area contributed by atoms with E-state index >= 15 is 0 Å². The van der Waals surface area contributed by atoms with Gasteiger partial charge in [-0.3, -0.25) is 4.79 Å². The third-order valence-corrected chi connectivity index (χ3v) is 10.4. The molecule has 8 nitrogen and oxygen atoms in total. The van der Waals surface area contributed by atoms with Gasteiger partial charge >= 0.3 is 0 Å². The molecule has 1 fully saturated rings. The predicted molar refractivity (Wildman–Crippen MR) is 146 cm³/mol. The van der Waals surface area contributed by atoms with Crippen LogP contribution in [0.25, 0.3) is 0 Å². The van der Waals surface area contributed by atoms with Crippen LogP contribution in [-0.4, -0.2) is 74.2 Å². The molecule has 2 aromatic carbocycles. The molecule has 0 bridgehead atoms. The molecule has 1 heterocycles. The van der Waals surface area contributed by atoms with Crippen molar-refractivity contribution in [2.75, 3.05) is 31.9 Å². The van der Waals surface area contributed by atoms with Gasteiger partial charge in [0.25, 0.3) is 0 Å². The van der Waals surface area contributed by atoms with E-state index < -0.39 is 20.0 Å². The Balaban J connectivity index is 1.81. The molecule has 2 aromatic rings. The fourth-order valence-electron chi connectivity index (χ4n) is 4.55. The third-order valence-electron chi connectivity index (χ3n) is 6.68. The van der Waals surface area contributed by atoms with Crippen molar-refractivity contribution in [2.24, 2.45) is 5.92 Å². The lowest BCUT2D eigenvalue weighted by Crippen LogP contribution is -2.51. The van der Waals surface area contributed by atoms with Crippen LogP contribution in [0.4, 0.5) is 0 Å². The van der Waals surface area contributed by atoms with Crippen molar-refractivity contribution in [3.05, 3.63) is 65.7 Å². The number of rotatable bonds is 11. The van der Waals surface area contributed by atoms with Gasteiger partial charge in [-0.05, 0) is 50.3 Å². The van der Waals surface area contributed by atoms with Gasteiger partial charge < -0.3 is 4.90 Å². The lowest BCUT2D eigenvalue weighted by molar-refractivity contribution is -0.135. The first-order valence-electron chi connectivity index (χ1n) is 12.8. The summed E-state index contributed by atoms with van der Waals surface area (Å²) in [5.41, 5.74) is 2.06. The molecule has 0 unspecified atom stereocenters. The van der Waals surface area contributed by atoms with Crippen LogP contribution < -0.4 is 0 Å². The Morgan fingerprint density at radius 2 is 1.57 bits per heavy atom. The highest BCUT2D eigenvalue weighted by atomic mass is 32.2. The van der Waals surface area contributed by atoms with Gasteiger partial charge in [0.15, 0.2) is 0 Å². The minimum absolute atomic E-state index is 0.0688. The van der Waals surface area contributed by atoms with Crippen LogP contribution in [0.5, 0.6) is 0 Å². The Hall–Kier alpha value is -2.27. The molecule has 1 saturated heterocycles. The molecule has 1 aliphatic rings. The third kappa shape index (κ3) is 7.63. The van der Waals surface area contributed by atoms with Crippen LogP contribution in [0, 0.1) is 12.8 Å². The number of aryl methyl sites for hydroxylation is 1. The maximum absolute atomic E-state index is 13.7. The van der Waals surface area contributed by atoms with Gasteiger partial charge in [0.1, 0.15) is 0 Å². The molecule has 1 amide bonds. The summed E-state index contributed by atoms with van der Waals surface area (Å²) in [7, 11) is -7.16. The Morgan fingerprint density at radius 3 is 2.11 bits per heavy atom. The van der Waals surface area contributed by atoms with Crippen molar-refractivity contribution < 1.29 is 21.6 Å². The maximum Gasteiger partial charge on any atom is 0.243 e. The van der Waals surface area contributed by atoms with Crippen molar-refractivity contribution in [2.45, 2.75) is 58.0 Å². The van der Waals surface area contributed by atoms with Gasteiger partial charge in [-0.1, -0.05) is 61.9 Å². The van der Waals surface area contributed by atoms with E-state index in [0.717, 1.165) is 11.1 Å². The smallest absolute Gasteiger partial charge is 0.243 e. The van der Waals surface area contributed by atoms with E-state index in [4.69, 9.17) is 0 Å². The summed E-state index contributed by atoms with van der Waals surface area (Å²) in [6.07, 6.45) is 0.961. The van der Waals surface area contributed by atoms with Crippen molar-refractivity contribution >= 4 is 26.0 Å². The number of carbonyl (C=O) groups is 1. The van der Waals surface area contributed by atoms with Gasteiger partial charge in [-0.2, -0.15) is 8.61 Å². The van der Waals surface area contributed by atoms with Crippen LogP contribution >= 0.6 is 0 Å². The first-order valence-corrected chi connectivity index (χ1v) is 15.9. The second-order valence-electron chi connectivity index (χ2n) is 10.0. The Morgan fingerprint density at radius 1 is 0.973 bits per heavy atom. The van der Waals surface area contributed by atoms with Gasteiger partial charge in [0.2, 0.25) is 26.0 Å². The van der Waals surface area contributed by atoms with E-state index in [9.17, 15) is 21.6 Å². The van der Waals surface area contributed by atoms with E-state index in [1.165, 1.54) is 8.61 Å². The largest absolute Gasteiger partial charge is 0.334 e. The fourth-order valence-corrected chi connectivity index (χ4v) is 7.24. The van der Waals surface area contributed by atoms with Crippen molar-refractivity contribution in [1.82, 2.24) is 13.5 Å². The van der Waals surface area contributed by atoms with Gasteiger partial charge in [-0.15, -0.1) is 0 Å². The molecule has 3 rings (SSSR count). The van der Waals surface area contributed by atoms with E-state index in [-0.39, 0.29) is 41.6 Å². The SMILES string of the molecule is CCS(=O)(=O)N(CC(=O)N(Cc1ccc(C)cc1)C1CCN(S(=O)(=O)c2ccccc2)CC1)CC(C)C. The lowest BCUT2D eigenvalue weighted by Gasteiger charge is -2.39. The summed E-state index contributed by atoms with van der Waals surface area (Å²) >= 11 is 0. The fraction of sp³-hybridized carbons (Fsp3) is 0.519. The molecule has 204 valence electrons. The summed E-state index contributed by atoms with van der Waals surface area (Å²) < 4.78 is 54.4. The average Bonchev–Trinajstić information content (AvgIpc) is 2.88. The highest BCUT2D eigenvalue weighted by molar-refractivity contribution is 7.89.